The summed E-state index contributed by atoms with van der Waals surface area (Å²) in [5.41, 5.74) is 0.494. The first-order valence-electron chi connectivity index (χ1n) is 9.94. The van der Waals surface area contributed by atoms with Crippen LogP contribution in [-0.4, -0.2) is 65.6 Å². The number of benzene rings is 1. The van der Waals surface area contributed by atoms with Gasteiger partial charge in [-0.2, -0.15) is 4.98 Å². The number of sulfonamides is 1. The molecule has 2 saturated heterocycles. The number of hydrogen-bond acceptors (Lipinski definition) is 6. The van der Waals surface area contributed by atoms with Gasteiger partial charge in [0, 0.05) is 38.5 Å². The fourth-order valence-corrected chi connectivity index (χ4v) is 5.66. The first kappa shape index (κ1) is 20.0. The van der Waals surface area contributed by atoms with Crippen molar-refractivity contribution in [1.29, 1.82) is 0 Å². The topological polar surface area (TPSA) is 96.6 Å². The molecule has 1 aromatic carbocycles. The predicted octanol–water partition coefficient (Wildman–Crippen LogP) is 1.37. The Balaban J connectivity index is 1.53. The summed E-state index contributed by atoms with van der Waals surface area (Å²) in [6.45, 7) is 4.95. The van der Waals surface area contributed by atoms with Crippen LogP contribution in [0.1, 0.15) is 30.6 Å². The lowest BCUT2D eigenvalue weighted by Gasteiger charge is -2.25. The second-order valence-corrected chi connectivity index (χ2v) is 10.2. The summed E-state index contributed by atoms with van der Waals surface area (Å²) in [6, 6.07) is 9.93. The smallest absolute Gasteiger partial charge is 0.236 e. The van der Waals surface area contributed by atoms with Gasteiger partial charge in [0.25, 0.3) is 0 Å². The van der Waals surface area contributed by atoms with Crippen molar-refractivity contribution in [3.63, 3.8) is 0 Å². The SMILES string of the molecule is CCS(=O)(=O)N1C[C@@H]2CN(C(=O)CCc3ccccc3)C[C@]2(c2nc(C)no2)C1. The highest BCUT2D eigenvalue weighted by Gasteiger charge is 2.59. The van der Waals surface area contributed by atoms with Crippen molar-refractivity contribution in [3.8, 4) is 0 Å². The molecular formula is C20H26N4O4S. The molecule has 0 unspecified atom stereocenters. The Hall–Kier alpha value is -2.26. The lowest BCUT2D eigenvalue weighted by atomic mass is 9.81. The number of nitrogens with zero attached hydrogens (tertiary/aromatic N) is 4. The van der Waals surface area contributed by atoms with E-state index in [4.69, 9.17) is 4.52 Å². The lowest BCUT2D eigenvalue weighted by Crippen LogP contribution is -2.41. The molecule has 2 aliphatic rings. The van der Waals surface area contributed by atoms with Gasteiger partial charge in [-0.15, -0.1) is 0 Å². The maximum Gasteiger partial charge on any atom is 0.236 e. The average molecular weight is 419 g/mol. The quantitative estimate of drug-likeness (QED) is 0.703. The minimum atomic E-state index is -3.32. The highest BCUT2D eigenvalue weighted by Crippen LogP contribution is 2.45. The van der Waals surface area contributed by atoms with Gasteiger partial charge in [-0.3, -0.25) is 4.79 Å². The number of aryl methyl sites for hydroxylation is 2. The molecule has 9 heteroatoms. The molecule has 0 aliphatic carbocycles. The van der Waals surface area contributed by atoms with Crippen LogP contribution in [0.25, 0.3) is 0 Å². The molecule has 3 heterocycles. The Morgan fingerprint density at radius 1 is 1.24 bits per heavy atom. The molecule has 156 valence electrons. The van der Waals surface area contributed by atoms with E-state index < -0.39 is 15.4 Å². The van der Waals surface area contributed by atoms with E-state index in [0.29, 0.717) is 44.2 Å². The van der Waals surface area contributed by atoms with Crippen LogP contribution in [0.15, 0.2) is 34.9 Å². The van der Waals surface area contributed by atoms with Crippen molar-refractivity contribution in [1.82, 2.24) is 19.3 Å². The normalized spacial score (nSPS) is 24.8. The van der Waals surface area contributed by atoms with Gasteiger partial charge in [-0.25, -0.2) is 12.7 Å². The van der Waals surface area contributed by atoms with Crippen LogP contribution in [0.2, 0.25) is 0 Å². The maximum absolute atomic E-state index is 12.9. The second-order valence-electron chi connectivity index (χ2n) is 7.95. The van der Waals surface area contributed by atoms with Gasteiger partial charge in [-0.1, -0.05) is 35.5 Å². The Labute approximate surface area is 170 Å². The van der Waals surface area contributed by atoms with Crippen LogP contribution < -0.4 is 0 Å². The fraction of sp³-hybridized carbons (Fsp3) is 0.550. The summed E-state index contributed by atoms with van der Waals surface area (Å²) in [4.78, 5) is 19.1. The highest BCUT2D eigenvalue weighted by atomic mass is 32.2. The zero-order valence-electron chi connectivity index (χ0n) is 16.7. The number of fused-ring (bicyclic) bond motifs is 1. The van der Waals surface area contributed by atoms with Gasteiger partial charge in [0.2, 0.25) is 21.8 Å². The number of carbonyl (C=O) groups excluding carboxylic acids is 1. The summed E-state index contributed by atoms with van der Waals surface area (Å²) >= 11 is 0. The first-order chi connectivity index (χ1) is 13.8. The standard InChI is InChI=1S/C20H26N4O4S/c1-3-29(26,27)24-12-17-11-23(18(25)10-9-16-7-5-4-6-8-16)13-20(17,14-24)19-21-15(2)22-28-19/h4-8,17H,3,9-14H2,1-2H3/t17-,20-/m0/s1. The molecule has 2 fully saturated rings. The molecule has 0 bridgehead atoms. The lowest BCUT2D eigenvalue weighted by molar-refractivity contribution is -0.130. The summed E-state index contributed by atoms with van der Waals surface area (Å²) in [5.74, 6) is 1.03. The molecular weight excluding hydrogens is 392 g/mol. The average Bonchev–Trinajstić information content (AvgIpc) is 3.39. The number of rotatable bonds is 6. The van der Waals surface area contributed by atoms with Gasteiger partial charge in [0.15, 0.2) is 5.82 Å². The first-order valence-corrected chi connectivity index (χ1v) is 11.6. The Morgan fingerprint density at radius 2 is 2.00 bits per heavy atom. The number of likely N-dealkylation sites (tertiary alicyclic amines) is 1. The summed E-state index contributed by atoms with van der Waals surface area (Å²) < 4.78 is 31.9. The van der Waals surface area contributed by atoms with Gasteiger partial charge in [-0.05, 0) is 25.8 Å². The Morgan fingerprint density at radius 3 is 2.66 bits per heavy atom. The van der Waals surface area contributed by atoms with E-state index >= 15 is 0 Å². The van der Waals surface area contributed by atoms with Crippen LogP contribution in [0, 0.1) is 12.8 Å². The number of hydrogen-bond donors (Lipinski definition) is 0. The molecule has 2 atom stereocenters. The van der Waals surface area contributed by atoms with Gasteiger partial charge in [0.05, 0.1) is 11.2 Å². The summed E-state index contributed by atoms with van der Waals surface area (Å²) in [7, 11) is -3.32. The van der Waals surface area contributed by atoms with Crippen molar-refractivity contribution in [2.24, 2.45) is 5.92 Å². The Bertz CT molecular complexity index is 991. The molecule has 0 saturated carbocycles. The van der Waals surface area contributed by atoms with Crippen molar-refractivity contribution < 1.29 is 17.7 Å². The van der Waals surface area contributed by atoms with Crippen LogP contribution in [0.5, 0.6) is 0 Å². The summed E-state index contributed by atoms with van der Waals surface area (Å²) in [6.07, 6.45) is 1.11. The third kappa shape index (κ3) is 3.69. The van der Waals surface area contributed by atoms with E-state index in [1.165, 1.54) is 4.31 Å². The van der Waals surface area contributed by atoms with Gasteiger partial charge in [0.1, 0.15) is 0 Å². The van der Waals surface area contributed by atoms with Crippen LogP contribution >= 0.6 is 0 Å². The minimum Gasteiger partial charge on any atom is -0.341 e. The molecule has 1 aromatic heterocycles. The summed E-state index contributed by atoms with van der Waals surface area (Å²) in [5, 5.41) is 3.91. The second kappa shape index (κ2) is 7.53. The third-order valence-electron chi connectivity index (χ3n) is 6.11. The predicted molar refractivity (Wildman–Crippen MR) is 107 cm³/mol. The molecule has 1 amide bonds. The molecule has 2 aromatic rings. The van der Waals surface area contributed by atoms with E-state index in [1.54, 1.807) is 13.8 Å². The molecule has 29 heavy (non-hydrogen) atoms. The third-order valence-corrected chi connectivity index (χ3v) is 7.91. The van der Waals surface area contributed by atoms with Crippen molar-refractivity contribution in [2.45, 2.75) is 32.1 Å². The van der Waals surface area contributed by atoms with Gasteiger partial charge < -0.3 is 9.42 Å². The zero-order chi connectivity index (χ0) is 20.6. The highest BCUT2D eigenvalue weighted by molar-refractivity contribution is 7.89. The minimum absolute atomic E-state index is 0.0515. The monoisotopic (exact) mass is 418 g/mol. The Kier molecular flexibility index (Phi) is 5.20. The largest absolute Gasteiger partial charge is 0.341 e. The van der Waals surface area contributed by atoms with Crippen molar-refractivity contribution >= 4 is 15.9 Å². The molecule has 2 aliphatic heterocycles. The van der Waals surface area contributed by atoms with Crippen molar-refractivity contribution in [2.75, 3.05) is 31.9 Å². The van der Waals surface area contributed by atoms with E-state index in [-0.39, 0.29) is 24.1 Å². The number of aromatic nitrogens is 2. The van der Waals surface area contributed by atoms with Crippen LogP contribution in [-0.2, 0) is 26.7 Å². The zero-order valence-corrected chi connectivity index (χ0v) is 17.6. The molecule has 4 rings (SSSR count). The van der Waals surface area contributed by atoms with E-state index in [2.05, 4.69) is 10.1 Å². The molecule has 0 spiro atoms. The molecule has 0 radical (unpaired) electrons. The van der Waals surface area contributed by atoms with E-state index in [1.807, 2.05) is 35.2 Å². The van der Waals surface area contributed by atoms with Crippen LogP contribution in [0.3, 0.4) is 0 Å². The maximum atomic E-state index is 12.9. The number of amides is 1. The molecule has 0 N–H and O–H groups in total. The van der Waals surface area contributed by atoms with Crippen molar-refractivity contribution in [3.05, 3.63) is 47.6 Å². The fourth-order valence-electron chi connectivity index (χ4n) is 4.46. The number of carbonyl (C=O) groups is 1. The van der Waals surface area contributed by atoms with E-state index in [0.717, 1.165) is 5.56 Å². The molecule has 8 nitrogen and oxygen atoms in total. The van der Waals surface area contributed by atoms with E-state index in [9.17, 15) is 13.2 Å². The van der Waals surface area contributed by atoms with Gasteiger partial charge >= 0.3 is 0 Å². The van der Waals surface area contributed by atoms with Crippen LogP contribution in [0.4, 0.5) is 0 Å².